The Morgan fingerprint density at radius 2 is 1.93 bits per heavy atom. The van der Waals surface area contributed by atoms with Crippen LogP contribution >= 0.6 is 11.8 Å². The minimum atomic E-state index is -0.107. The van der Waals surface area contributed by atoms with Crippen molar-refractivity contribution in [1.82, 2.24) is 19.9 Å². The molecule has 0 bridgehead atoms. The summed E-state index contributed by atoms with van der Waals surface area (Å²) < 4.78 is 7.42. The molecule has 0 radical (unpaired) electrons. The largest absolute Gasteiger partial charge is 0.378 e. The molecule has 1 aliphatic rings. The van der Waals surface area contributed by atoms with Crippen molar-refractivity contribution in [3.8, 4) is 5.69 Å². The number of nitrogens with one attached hydrogen (secondary N) is 1. The average molecular weight is 410 g/mol. The van der Waals surface area contributed by atoms with E-state index in [1.54, 1.807) is 24.2 Å². The molecule has 0 aliphatic carbocycles. The first-order chi connectivity index (χ1) is 14.3. The third-order valence-corrected chi connectivity index (χ3v) is 5.48. The number of aromatic nitrogens is 3. The molecule has 1 saturated heterocycles. The lowest BCUT2D eigenvalue weighted by Gasteiger charge is -2.29. The first-order valence-corrected chi connectivity index (χ1v) is 10.7. The quantitative estimate of drug-likeness (QED) is 0.631. The van der Waals surface area contributed by atoms with Gasteiger partial charge in [-0.25, -0.2) is 9.97 Å². The number of ether oxygens (including phenoxy) is 1. The summed E-state index contributed by atoms with van der Waals surface area (Å²) >= 11 is 1.58. The van der Waals surface area contributed by atoms with Crippen LogP contribution in [-0.2, 0) is 11.3 Å². The Kier molecular flexibility index (Phi) is 6.12. The predicted octanol–water partition coefficient (Wildman–Crippen LogP) is 2.76. The number of pyridine rings is 1. The summed E-state index contributed by atoms with van der Waals surface area (Å²) in [5.74, 6) is 0.806. The zero-order chi connectivity index (χ0) is 20.1. The Labute approximate surface area is 174 Å². The van der Waals surface area contributed by atoms with E-state index < -0.39 is 0 Å². The SMILES string of the molecule is CSc1nccn1-c1ccc(C(=O)NCc2cccnc2N2CCOCC2)cc1. The van der Waals surface area contributed by atoms with Crippen LogP contribution in [0.15, 0.2) is 60.1 Å². The van der Waals surface area contributed by atoms with Gasteiger partial charge in [-0.1, -0.05) is 17.8 Å². The van der Waals surface area contributed by atoms with Gasteiger partial charge >= 0.3 is 0 Å². The maximum absolute atomic E-state index is 12.6. The molecule has 0 atom stereocenters. The van der Waals surface area contributed by atoms with Crippen molar-refractivity contribution in [3.05, 3.63) is 66.1 Å². The number of morpholine rings is 1. The van der Waals surface area contributed by atoms with Gasteiger partial charge in [0.2, 0.25) is 0 Å². The molecule has 3 heterocycles. The number of thioether (sulfide) groups is 1. The number of carbonyl (C=O) groups is 1. The van der Waals surface area contributed by atoms with Crippen LogP contribution in [0, 0.1) is 0 Å². The Morgan fingerprint density at radius 3 is 2.69 bits per heavy atom. The summed E-state index contributed by atoms with van der Waals surface area (Å²) in [7, 11) is 0. The van der Waals surface area contributed by atoms with E-state index in [2.05, 4.69) is 20.2 Å². The van der Waals surface area contributed by atoms with Crippen LogP contribution < -0.4 is 10.2 Å². The number of anilines is 1. The average Bonchev–Trinajstić information content (AvgIpc) is 3.27. The molecule has 0 spiro atoms. The Bertz CT molecular complexity index is 967. The minimum Gasteiger partial charge on any atom is -0.378 e. The highest BCUT2D eigenvalue weighted by molar-refractivity contribution is 7.98. The van der Waals surface area contributed by atoms with Gasteiger partial charge in [0.1, 0.15) is 5.82 Å². The van der Waals surface area contributed by atoms with Gasteiger partial charge in [-0.2, -0.15) is 0 Å². The Balaban J connectivity index is 1.43. The van der Waals surface area contributed by atoms with Crippen molar-refractivity contribution in [2.75, 3.05) is 37.5 Å². The number of hydrogen-bond acceptors (Lipinski definition) is 6. The summed E-state index contributed by atoms with van der Waals surface area (Å²) in [6, 6.07) is 11.4. The molecule has 1 aliphatic heterocycles. The summed E-state index contributed by atoms with van der Waals surface area (Å²) in [5, 5.41) is 3.92. The van der Waals surface area contributed by atoms with E-state index in [-0.39, 0.29) is 5.91 Å². The van der Waals surface area contributed by atoms with Crippen LogP contribution in [0.1, 0.15) is 15.9 Å². The predicted molar refractivity (Wildman–Crippen MR) is 114 cm³/mol. The van der Waals surface area contributed by atoms with E-state index in [0.29, 0.717) is 25.3 Å². The van der Waals surface area contributed by atoms with Gasteiger partial charge in [-0.05, 0) is 36.6 Å². The van der Waals surface area contributed by atoms with Gasteiger partial charge in [0.15, 0.2) is 5.16 Å². The van der Waals surface area contributed by atoms with Gasteiger partial charge in [0.05, 0.1) is 13.2 Å². The zero-order valence-electron chi connectivity index (χ0n) is 16.2. The van der Waals surface area contributed by atoms with Crippen LogP contribution in [0.3, 0.4) is 0 Å². The van der Waals surface area contributed by atoms with Gasteiger partial charge < -0.3 is 15.0 Å². The van der Waals surface area contributed by atoms with E-state index in [9.17, 15) is 4.79 Å². The van der Waals surface area contributed by atoms with Crippen LogP contribution in [0.4, 0.5) is 5.82 Å². The van der Waals surface area contributed by atoms with Crippen LogP contribution in [0.5, 0.6) is 0 Å². The van der Waals surface area contributed by atoms with Crippen LogP contribution in [-0.4, -0.2) is 53.0 Å². The van der Waals surface area contributed by atoms with Gasteiger partial charge in [-0.15, -0.1) is 0 Å². The number of amides is 1. The van der Waals surface area contributed by atoms with Crippen molar-refractivity contribution in [1.29, 1.82) is 0 Å². The van der Waals surface area contributed by atoms with E-state index >= 15 is 0 Å². The lowest BCUT2D eigenvalue weighted by atomic mass is 10.1. The third kappa shape index (κ3) is 4.44. The van der Waals surface area contributed by atoms with Crippen LogP contribution in [0.25, 0.3) is 5.69 Å². The Morgan fingerprint density at radius 1 is 1.14 bits per heavy atom. The number of imidazole rings is 1. The second kappa shape index (κ2) is 9.11. The molecule has 1 N–H and O–H groups in total. The van der Waals surface area contributed by atoms with E-state index in [1.807, 2.05) is 53.4 Å². The molecule has 0 saturated carbocycles. The Hall–Kier alpha value is -2.84. The van der Waals surface area contributed by atoms with E-state index in [1.165, 1.54) is 0 Å². The molecule has 29 heavy (non-hydrogen) atoms. The fourth-order valence-corrected chi connectivity index (χ4v) is 3.85. The van der Waals surface area contributed by atoms with Crippen molar-refractivity contribution >= 4 is 23.5 Å². The maximum Gasteiger partial charge on any atom is 0.251 e. The molecular formula is C21H23N5O2S. The molecule has 2 aromatic heterocycles. The molecule has 1 amide bonds. The molecule has 8 heteroatoms. The van der Waals surface area contributed by atoms with E-state index in [0.717, 1.165) is 35.3 Å². The maximum atomic E-state index is 12.6. The van der Waals surface area contributed by atoms with Gasteiger partial charge in [-0.3, -0.25) is 9.36 Å². The number of nitrogens with zero attached hydrogens (tertiary/aromatic N) is 4. The second-order valence-electron chi connectivity index (χ2n) is 6.60. The molecule has 1 fully saturated rings. The number of hydrogen-bond donors (Lipinski definition) is 1. The molecule has 3 aromatic rings. The van der Waals surface area contributed by atoms with Crippen molar-refractivity contribution in [2.45, 2.75) is 11.7 Å². The zero-order valence-corrected chi connectivity index (χ0v) is 17.1. The fraction of sp³-hybridized carbons (Fsp3) is 0.286. The van der Waals surface area contributed by atoms with Crippen molar-refractivity contribution in [3.63, 3.8) is 0 Å². The smallest absolute Gasteiger partial charge is 0.251 e. The molecular weight excluding hydrogens is 386 g/mol. The topological polar surface area (TPSA) is 72.3 Å². The highest BCUT2D eigenvalue weighted by atomic mass is 32.2. The second-order valence-corrected chi connectivity index (χ2v) is 7.37. The lowest BCUT2D eigenvalue weighted by molar-refractivity contribution is 0.0950. The minimum absolute atomic E-state index is 0.107. The highest BCUT2D eigenvalue weighted by Gasteiger charge is 2.16. The molecule has 7 nitrogen and oxygen atoms in total. The molecule has 1 aromatic carbocycles. The number of benzene rings is 1. The molecule has 0 unspecified atom stereocenters. The summed E-state index contributed by atoms with van der Waals surface area (Å²) in [6.45, 7) is 3.45. The molecule has 4 rings (SSSR count). The van der Waals surface area contributed by atoms with Crippen LogP contribution in [0.2, 0.25) is 0 Å². The van der Waals surface area contributed by atoms with Crippen molar-refractivity contribution < 1.29 is 9.53 Å². The van der Waals surface area contributed by atoms with Gasteiger partial charge in [0, 0.05) is 55.0 Å². The standard InChI is InChI=1S/C21H23N5O2S/c1-29-21-23-9-10-26(21)18-6-4-16(5-7-18)20(27)24-15-17-3-2-8-22-19(17)25-11-13-28-14-12-25/h2-10H,11-15H2,1H3,(H,24,27). The lowest BCUT2D eigenvalue weighted by Crippen LogP contribution is -2.37. The molecule has 150 valence electrons. The highest BCUT2D eigenvalue weighted by Crippen LogP contribution is 2.20. The summed E-state index contributed by atoms with van der Waals surface area (Å²) in [4.78, 5) is 23.7. The summed E-state index contributed by atoms with van der Waals surface area (Å²) in [6.07, 6.45) is 7.46. The van der Waals surface area contributed by atoms with Crippen molar-refractivity contribution in [2.24, 2.45) is 0 Å². The third-order valence-electron chi connectivity index (χ3n) is 4.81. The normalized spacial score (nSPS) is 14.0. The van der Waals surface area contributed by atoms with E-state index in [4.69, 9.17) is 4.74 Å². The van der Waals surface area contributed by atoms with Gasteiger partial charge in [0.25, 0.3) is 5.91 Å². The fourth-order valence-electron chi connectivity index (χ4n) is 3.32. The first kappa shape index (κ1) is 19.5. The monoisotopic (exact) mass is 409 g/mol. The number of carbonyl (C=O) groups excluding carboxylic acids is 1. The first-order valence-electron chi connectivity index (χ1n) is 9.49. The number of rotatable bonds is 6. The summed E-state index contributed by atoms with van der Waals surface area (Å²) in [5.41, 5.74) is 2.60.